The van der Waals surface area contributed by atoms with Crippen molar-refractivity contribution >= 4 is 17.3 Å². The molecule has 2 aromatic rings. The van der Waals surface area contributed by atoms with E-state index in [1.165, 1.54) is 6.07 Å². The molecule has 1 aromatic heterocycles. The predicted molar refractivity (Wildman–Crippen MR) is 71.3 cm³/mol. The molecular weight excluding hydrogens is 285 g/mol. The van der Waals surface area contributed by atoms with Crippen LogP contribution in [0.2, 0.25) is 0 Å². The molecule has 0 bridgehead atoms. The van der Waals surface area contributed by atoms with Gasteiger partial charge in [0, 0.05) is 36.7 Å². The maximum atomic E-state index is 12.7. The van der Waals surface area contributed by atoms with Crippen LogP contribution in [-0.4, -0.2) is 15.7 Å². The third-order valence-electron chi connectivity index (χ3n) is 2.77. The Hall–Kier alpha value is -2.51. The second kappa shape index (κ2) is 5.86. The lowest BCUT2D eigenvalue weighted by Gasteiger charge is -2.12. The second-order valence-electron chi connectivity index (χ2n) is 4.37. The van der Waals surface area contributed by atoms with Crippen LogP contribution in [0.3, 0.4) is 0 Å². The summed E-state index contributed by atoms with van der Waals surface area (Å²) in [6.07, 6.45) is -1.18. The van der Waals surface area contributed by atoms with Crippen LogP contribution in [0.4, 0.5) is 24.5 Å². The number of hydrogen-bond acceptors (Lipinski definition) is 3. The first-order chi connectivity index (χ1) is 9.86. The lowest BCUT2D eigenvalue weighted by Crippen LogP contribution is -2.16. The zero-order valence-electron chi connectivity index (χ0n) is 10.9. The lowest BCUT2D eigenvalue weighted by molar-refractivity contribution is -0.136. The molecule has 0 aliphatic heterocycles. The minimum Gasteiger partial charge on any atom is -0.398 e. The number of nitrogens with zero attached hydrogens (tertiary/aromatic N) is 2. The molecule has 0 atom stereocenters. The first kappa shape index (κ1) is 14.9. The molecule has 112 valence electrons. The van der Waals surface area contributed by atoms with Crippen molar-refractivity contribution in [2.24, 2.45) is 0 Å². The molecule has 0 saturated heterocycles. The molecule has 8 heteroatoms. The van der Waals surface area contributed by atoms with Crippen molar-refractivity contribution in [3.05, 3.63) is 42.2 Å². The van der Waals surface area contributed by atoms with Crippen LogP contribution in [0, 0.1) is 0 Å². The average molecular weight is 298 g/mol. The number of nitrogens with two attached hydrogens (primary N) is 1. The number of halogens is 3. The van der Waals surface area contributed by atoms with Gasteiger partial charge in [-0.15, -0.1) is 0 Å². The summed E-state index contributed by atoms with van der Waals surface area (Å²) in [7, 11) is 0. The van der Waals surface area contributed by atoms with Gasteiger partial charge in [-0.1, -0.05) is 0 Å². The Morgan fingerprint density at radius 2 is 2.14 bits per heavy atom. The molecule has 0 unspecified atom stereocenters. The molecule has 5 nitrogen and oxygen atoms in total. The van der Waals surface area contributed by atoms with E-state index >= 15 is 0 Å². The topological polar surface area (TPSA) is 72.9 Å². The Kier molecular flexibility index (Phi) is 4.15. The number of amides is 1. The van der Waals surface area contributed by atoms with Crippen molar-refractivity contribution in [1.29, 1.82) is 0 Å². The van der Waals surface area contributed by atoms with Gasteiger partial charge in [0.25, 0.3) is 0 Å². The normalized spacial score (nSPS) is 11.4. The smallest absolute Gasteiger partial charge is 0.398 e. The molecule has 0 fully saturated rings. The van der Waals surface area contributed by atoms with E-state index < -0.39 is 17.6 Å². The fourth-order valence-corrected chi connectivity index (χ4v) is 1.75. The van der Waals surface area contributed by atoms with Gasteiger partial charge in [0.1, 0.15) is 0 Å². The first-order valence-corrected chi connectivity index (χ1v) is 6.10. The Balaban J connectivity index is 2.01. The van der Waals surface area contributed by atoms with Crippen LogP contribution in [0.1, 0.15) is 12.0 Å². The van der Waals surface area contributed by atoms with Crippen molar-refractivity contribution < 1.29 is 18.0 Å². The van der Waals surface area contributed by atoms with Gasteiger partial charge in [-0.2, -0.15) is 18.3 Å². The van der Waals surface area contributed by atoms with Crippen molar-refractivity contribution in [1.82, 2.24) is 9.78 Å². The molecule has 1 amide bonds. The third kappa shape index (κ3) is 3.98. The number of rotatable bonds is 4. The van der Waals surface area contributed by atoms with E-state index in [1.54, 1.807) is 23.1 Å². The number of anilines is 2. The molecule has 0 aliphatic carbocycles. The number of carbonyl (C=O) groups excluding carboxylic acids is 1. The minimum absolute atomic E-state index is 0.0574. The van der Waals surface area contributed by atoms with E-state index in [0.29, 0.717) is 6.54 Å². The summed E-state index contributed by atoms with van der Waals surface area (Å²) in [5.41, 5.74) is 4.00. The summed E-state index contributed by atoms with van der Waals surface area (Å²) in [5, 5.41) is 6.33. The molecule has 1 heterocycles. The Bertz CT molecular complexity index is 623. The fraction of sp³-hybridized carbons (Fsp3) is 0.231. The molecule has 1 aromatic carbocycles. The van der Waals surface area contributed by atoms with Gasteiger partial charge in [-0.3, -0.25) is 9.48 Å². The Morgan fingerprint density at radius 1 is 1.38 bits per heavy atom. The highest BCUT2D eigenvalue weighted by atomic mass is 19.4. The highest BCUT2D eigenvalue weighted by molar-refractivity contribution is 5.91. The fourth-order valence-electron chi connectivity index (χ4n) is 1.75. The first-order valence-electron chi connectivity index (χ1n) is 6.10. The van der Waals surface area contributed by atoms with Gasteiger partial charge in [-0.25, -0.2) is 0 Å². The van der Waals surface area contributed by atoms with Crippen LogP contribution in [-0.2, 0) is 17.5 Å². The van der Waals surface area contributed by atoms with Gasteiger partial charge in [0.05, 0.1) is 5.56 Å². The highest BCUT2D eigenvalue weighted by Crippen LogP contribution is 2.35. The Labute approximate surface area is 118 Å². The number of benzene rings is 1. The van der Waals surface area contributed by atoms with Crippen molar-refractivity contribution in [2.75, 3.05) is 11.1 Å². The quantitative estimate of drug-likeness (QED) is 0.852. The zero-order valence-corrected chi connectivity index (χ0v) is 10.9. The van der Waals surface area contributed by atoms with E-state index in [-0.39, 0.29) is 17.8 Å². The van der Waals surface area contributed by atoms with E-state index in [9.17, 15) is 18.0 Å². The van der Waals surface area contributed by atoms with Crippen LogP contribution < -0.4 is 11.1 Å². The number of aryl methyl sites for hydroxylation is 1. The van der Waals surface area contributed by atoms with Gasteiger partial charge >= 0.3 is 6.18 Å². The predicted octanol–water partition coefficient (Wildman–Crippen LogP) is 2.51. The summed E-state index contributed by atoms with van der Waals surface area (Å²) in [4.78, 5) is 11.7. The van der Waals surface area contributed by atoms with E-state index in [0.717, 1.165) is 12.1 Å². The van der Waals surface area contributed by atoms with Crippen molar-refractivity contribution in [3.63, 3.8) is 0 Å². The number of hydrogen-bond donors (Lipinski definition) is 2. The van der Waals surface area contributed by atoms with Crippen LogP contribution in [0.15, 0.2) is 36.7 Å². The van der Waals surface area contributed by atoms with Gasteiger partial charge < -0.3 is 11.1 Å². The van der Waals surface area contributed by atoms with Crippen LogP contribution in [0.5, 0.6) is 0 Å². The maximum absolute atomic E-state index is 12.7. The molecule has 0 spiro atoms. The Morgan fingerprint density at radius 3 is 2.76 bits per heavy atom. The molecule has 2 rings (SSSR count). The van der Waals surface area contributed by atoms with Gasteiger partial charge in [0.2, 0.25) is 5.91 Å². The summed E-state index contributed by atoms with van der Waals surface area (Å²) >= 11 is 0. The number of carbonyl (C=O) groups is 1. The summed E-state index contributed by atoms with van der Waals surface area (Å²) in [5.74, 6) is -0.400. The molecule has 21 heavy (non-hydrogen) atoms. The maximum Gasteiger partial charge on any atom is 0.418 e. The highest BCUT2D eigenvalue weighted by Gasteiger charge is 2.33. The van der Waals surface area contributed by atoms with E-state index in [2.05, 4.69) is 10.4 Å². The molecular formula is C13H13F3N4O. The summed E-state index contributed by atoms with van der Waals surface area (Å²) in [6.45, 7) is 0.347. The third-order valence-corrected chi connectivity index (χ3v) is 2.77. The number of alkyl halides is 3. The average Bonchev–Trinajstić information content (AvgIpc) is 2.90. The SMILES string of the molecule is Nc1ccc(NC(=O)CCn2cccn2)cc1C(F)(F)F. The zero-order chi connectivity index (χ0) is 15.5. The van der Waals surface area contributed by atoms with Crippen LogP contribution >= 0.6 is 0 Å². The molecule has 0 radical (unpaired) electrons. The summed E-state index contributed by atoms with van der Waals surface area (Å²) < 4.78 is 39.6. The standard InChI is InChI=1S/C13H13F3N4O/c14-13(15,16)10-8-9(2-3-11(10)17)19-12(21)4-7-20-6-1-5-18-20/h1-3,5-6,8H,4,7,17H2,(H,19,21). The van der Waals surface area contributed by atoms with E-state index in [4.69, 9.17) is 5.73 Å². The largest absolute Gasteiger partial charge is 0.418 e. The number of nitrogens with one attached hydrogen (secondary N) is 1. The number of aromatic nitrogens is 2. The molecule has 0 saturated carbocycles. The number of nitrogen functional groups attached to an aromatic ring is 1. The van der Waals surface area contributed by atoms with Gasteiger partial charge in [-0.05, 0) is 24.3 Å². The monoisotopic (exact) mass is 298 g/mol. The second-order valence-corrected chi connectivity index (χ2v) is 4.37. The molecule has 0 aliphatic rings. The van der Waals surface area contributed by atoms with E-state index in [1.807, 2.05) is 0 Å². The van der Waals surface area contributed by atoms with Gasteiger partial charge in [0.15, 0.2) is 0 Å². The minimum atomic E-state index is -4.56. The van der Waals surface area contributed by atoms with Crippen LogP contribution in [0.25, 0.3) is 0 Å². The van der Waals surface area contributed by atoms with Crippen molar-refractivity contribution in [3.8, 4) is 0 Å². The summed E-state index contributed by atoms with van der Waals surface area (Å²) in [6, 6.07) is 4.98. The lowest BCUT2D eigenvalue weighted by atomic mass is 10.1. The van der Waals surface area contributed by atoms with Crippen molar-refractivity contribution in [2.45, 2.75) is 19.1 Å². The molecule has 3 N–H and O–H groups in total.